The number of carbonyl (C=O) groups is 1. The predicted molar refractivity (Wildman–Crippen MR) is 117 cm³/mol. The van der Waals surface area contributed by atoms with E-state index in [-0.39, 0.29) is 23.8 Å². The van der Waals surface area contributed by atoms with Crippen molar-refractivity contribution in [3.8, 4) is 22.6 Å². The lowest BCUT2D eigenvalue weighted by atomic mass is 9.97. The molecule has 7 nitrogen and oxygen atoms in total. The molecule has 3 aromatic rings. The number of hydrogen-bond acceptors (Lipinski definition) is 6. The second kappa shape index (κ2) is 8.80. The molecule has 0 spiro atoms. The third kappa shape index (κ3) is 5.65. The molecule has 0 unspecified atom stereocenters. The maximum absolute atomic E-state index is 13.2. The maximum Gasteiger partial charge on any atom is 0.586 e. The van der Waals surface area contributed by atoms with Crippen molar-refractivity contribution in [2.45, 2.75) is 12.7 Å². The number of anilines is 1. The Kier molecular flexibility index (Phi) is 6.05. The van der Waals surface area contributed by atoms with Crippen molar-refractivity contribution < 1.29 is 35.6 Å². The maximum atomic E-state index is 13.2. The smallest absolute Gasteiger partial charge is 0.395 e. The number of amides is 1. The minimum Gasteiger partial charge on any atom is -0.395 e. The van der Waals surface area contributed by atoms with Crippen molar-refractivity contribution in [1.82, 2.24) is 0 Å². The van der Waals surface area contributed by atoms with Crippen molar-refractivity contribution in [2.24, 2.45) is 0 Å². The fourth-order valence-corrected chi connectivity index (χ4v) is 3.75. The van der Waals surface area contributed by atoms with E-state index in [1.165, 1.54) is 18.2 Å². The Labute approximate surface area is 189 Å². The zero-order chi connectivity index (χ0) is 23.6. The molecule has 0 atom stereocenters. The number of alkyl halides is 2. The fraction of sp³-hybridized carbons (Fsp3) is 0.174. The van der Waals surface area contributed by atoms with Crippen LogP contribution in [0.2, 0.25) is 0 Å². The van der Waals surface area contributed by atoms with Crippen LogP contribution in [0, 0.1) is 0 Å². The molecule has 172 valence electrons. The highest BCUT2D eigenvalue weighted by Crippen LogP contribution is 2.42. The number of carbonyl (C=O) groups excluding carboxylic acids is 1. The Hall–Kier alpha value is -3.50. The van der Waals surface area contributed by atoms with Crippen LogP contribution < -0.4 is 14.8 Å². The highest BCUT2D eigenvalue weighted by atomic mass is 32.2. The summed E-state index contributed by atoms with van der Waals surface area (Å²) < 4.78 is 62.4. The number of fused-ring (bicyclic) bond motifs is 1. The first-order valence-electron chi connectivity index (χ1n) is 9.84. The molecule has 1 N–H and O–H groups in total. The highest BCUT2D eigenvalue weighted by Gasteiger charge is 2.43. The molecule has 0 aromatic heterocycles. The van der Waals surface area contributed by atoms with Gasteiger partial charge in [-0.15, -0.1) is 8.78 Å². The van der Waals surface area contributed by atoms with E-state index in [9.17, 15) is 22.0 Å². The van der Waals surface area contributed by atoms with Crippen molar-refractivity contribution in [1.29, 1.82) is 0 Å². The van der Waals surface area contributed by atoms with Gasteiger partial charge in [0.15, 0.2) is 11.5 Å². The minimum atomic E-state index is -3.74. The van der Waals surface area contributed by atoms with Gasteiger partial charge < -0.3 is 14.8 Å². The van der Waals surface area contributed by atoms with Crippen LogP contribution >= 0.6 is 0 Å². The average molecular weight is 475 g/mol. The molecule has 1 heterocycles. The Morgan fingerprint density at radius 3 is 2.55 bits per heavy atom. The van der Waals surface area contributed by atoms with Gasteiger partial charge in [0.05, 0.1) is 12.9 Å². The van der Waals surface area contributed by atoms with Crippen LogP contribution in [0.5, 0.6) is 11.5 Å². The molecule has 0 aliphatic carbocycles. The molecule has 0 saturated carbocycles. The van der Waals surface area contributed by atoms with Gasteiger partial charge in [0.25, 0.3) is 16.0 Å². The van der Waals surface area contributed by atoms with Crippen LogP contribution in [0.25, 0.3) is 11.1 Å². The molecule has 33 heavy (non-hydrogen) atoms. The lowest BCUT2D eigenvalue weighted by Crippen LogP contribution is -2.25. The molecule has 0 bridgehead atoms. The van der Waals surface area contributed by atoms with E-state index < -0.39 is 22.3 Å². The summed E-state index contributed by atoms with van der Waals surface area (Å²) in [4.78, 5) is 13.0. The van der Waals surface area contributed by atoms with Gasteiger partial charge in [0.1, 0.15) is 0 Å². The molecule has 0 radical (unpaired) electrons. The number of hydrogen-bond donors (Lipinski definition) is 1. The summed E-state index contributed by atoms with van der Waals surface area (Å²) in [5.41, 5.74) is 2.87. The van der Waals surface area contributed by atoms with Crippen molar-refractivity contribution in [3.05, 3.63) is 77.9 Å². The van der Waals surface area contributed by atoms with Gasteiger partial charge in [0, 0.05) is 17.3 Å². The zero-order valence-electron chi connectivity index (χ0n) is 17.4. The van der Waals surface area contributed by atoms with Gasteiger partial charge in [0.2, 0.25) is 0 Å². The molecule has 10 heteroatoms. The lowest BCUT2D eigenvalue weighted by molar-refractivity contribution is -0.286. The van der Waals surface area contributed by atoms with Gasteiger partial charge in [-0.1, -0.05) is 42.5 Å². The van der Waals surface area contributed by atoms with Crippen LogP contribution in [0.4, 0.5) is 14.5 Å². The zero-order valence-corrected chi connectivity index (χ0v) is 18.2. The molecule has 4 rings (SSSR count). The number of halogens is 2. The van der Waals surface area contributed by atoms with E-state index in [1.54, 1.807) is 30.3 Å². The van der Waals surface area contributed by atoms with Crippen LogP contribution in [0.3, 0.4) is 0 Å². The van der Waals surface area contributed by atoms with Crippen LogP contribution in [-0.4, -0.2) is 33.5 Å². The summed E-state index contributed by atoms with van der Waals surface area (Å²) in [6.07, 6.45) is -2.38. The SMILES string of the molecule is CS(=O)(=O)OCCc1cccc(-c2ccccc2C(=O)Nc2ccc3c(c2)OC(F)(F)O3)c1. The Balaban J connectivity index is 1.54. The summed E-state index contributed by atoms with van der Waals surface area (Å²) in [5.74, 6) is -0.729. The Morgan fingerprint density at radius 1 is 1.00 bits per heavy atom. The molecule has 0 fully saturated rings. The van der Waals surface area contributed by atoms with Crippen LogP contribution in [0.1, 0.15) is 15.9 Å². The molecule has 1 aliphatic rings. The Bertz CT molecular complexity index is 1310. The lowest BCUT2D eigenvalue weighted by Gasteiger charge is -2.12. The first-order chi connectivity index (χ1) is 15.6. The third-order valence-electron chi connectivity index (χ3n) is 4.76. The fourth-order valence-electron chi connectivity index (χ4n) is 3.36. The first kappa shape index (κ1) is 22.7. The second-order valence-corrected chi connectivity index (χ2v) is 8.95. The van der Waals surface area contributed by atoms with E-state index in [1.807, 2.05) is 18.2 Å². The first-order valence-corrected chi connectivity index (χ1v) is 11.7. The molecule has 0 saturated heterocycles. The monoisotopic (exact) mass is 475 g/mol. The quantitative estimate of drug-likeness (QED) is 0.508. The van der Waals surface area contributed by atoms with Gasteiger partial charge in [-0.05, 0) is 41.3 Å². The summed E-state index contributed by atoms with van der Waals surface area (Å²) in [6, 6.07) is 18.2. The molecular weight excluding hydrogens is 456 g/mol. The van der Waals surface area contributed by atoms with E-state index in [0.29, 0.717) is 17.5 Å². The molecule has 1 amide bonds. The number of ether oxygens (including phenoxy) is 2. The van der Waals surface area contributed by atoms with Gasteiger partial charge in [-0.3, -0.25) is 8.98 Å². The highest BCUT2D eigenvalue weighted by molar-refractivity contribution is 7.85. The van der Waals surface area contributed by atoms with Crippen molar-refractivity contribution >= 4 is 21.7 Å². The van der Waals surface area contributed by atoms with Crippen molar-refractivity contribution in [3.63, 3.8) is 0 Å². The number of rotatable bonds is 7. The van der Waals surface area contributed by atoms with Crippen LogP contribution in [0.15, 0.2) is 66.7 Å². The largest absolute Gasteiger partial charge is 0.586 e. The topological polar surface area (TPSA) is 90.9 Å². The molecule has 3 aromatic carbocycles. The van der Waals surface area contributed by atoms with E-state index >= 15 is 0 Å². The van der Waals surface area contributed by atoms with Gasteiger partial charge in [-0.25, -0.2) is 0 Å². The minimum absolute atomic E-state index is 0.00752. The third-order valence-corrected chi connectivity index (χ3v) is 5.35. The second-order valence-electron chi connectivity index (χ2n) is 7.31. The molecule has 1 aliphatic heterocycles. The standard InChI is InChI=1S/C23H19F2NO6S/c1-33(28,29)30-12-11-15-5-4-6-16(13-15)18-7-2-3-8-19(18)22(27)26-17-9-10-20-21(14-17)32-23(24,25)31-20/h2-10,13-14H,11-12H2,1H3,(H,26,27). The Morgan fingerprint density at radius 2 is 1.76 bits per heavy atom. The van der Waals surface area contributed by atoms with E-state index in [2.05, 4.69) is 14.8 Å². The summed E-state index contributed by atoms with van der Waals surface area (Å²) >= 11 is 0. The number of benzene rings is 3. The van der Waals surface area contributed by atoms with E-state index in [4.69, 9.17) is 4.18 Å². The summed E-state index contributed by atoms with van der Waals surface area (Å²) in [7, 11) is -3.53. The molecular formula is C23H19F2NO6S. The van der Waals surface area contributed by atoms with Crippen LogP contribution in [-0.2, 0) is 20.7 Å². The predicted octanol–water partition coefficient (Wildman–Crippen LogP) is 4.45. The van der Waals surface area contributed by atoms with Gasteiger partial charge >= 0.3 is 6.29 Å². The van der Waals surface area contributed by atoms with Gasteiger partial charge in [-0.2, -0.15) is 8.42 Å². The summed E-state index contributed by atoms with van der Waals surface area (Å²) in [6.45, 7) is 0.00752. The summed E-state index contributed by atoms with van der Waals surface area (Å²) in [5, 5.41) is 2.68. The van der Waals surface area contributed by atoms with Crippen molar-refractivity contribution in [2.75, 3.05) is 18.2 Å². The van der Waals surface area contributed by atoms with E-state index in [0.717, 1.165) is 17.4 Å². The normalized spacial score (nSPS) is 14.2. The average Bonchev–Trinajstić information content (AvgIpc) is 3.06. The number of nitrogens with one attached hydrogen (secondary N) is 1.